The lowest BCUT2D eigenvalue weighted by atomic mass is 9.89. The van der Waals surface area contributed by atoms with Crippen molar-refractivity contribution in [2.45, 2.75) is 99.3 Å². The van der Waals surface area contributed by atoms with Gasteiger partial charge in [-0.05, 0) is 95.0 Å². The van der Waals surface area contributed by atoms with E-state index in [0.29, 0.717) is 23.7 Å². The van der Waals surface area contributed by atoms with Crippen molar-refractivity contribution in [3.8, 4) is 22.8 Å². The van der Waals surface area contributed by atoms with Crippen LogP contribution in [-0.4, -0.2) is 55.0 Å². The number of carbonyl (C=O) groups excluding carboxylic acids is 2. The van der Waals surface area contributed by atoms with Crippen molar-refractivity contribution < 1.29 is 19.1 Å². The molecule has 52 heavy (non-hydrogen) atoms. The van der Waals surface area contributed by atoms with Gasteiger partial charge in [-0.15, -0.1) is 0 Å². The van der Waals surface area contributed by atoms with Crippen LogP contribution in [0.15, 0.2) is 67.0 Å². The van der Waals surface area contributed by atoms with Crippen molar-refractivity contribution >= 4 is 17.4 Å². The van der Waals surface area contributed by atoms with Gasteiger partial charge in [0.1, 0.15) is 17.2 Å². The normalized spacial score (nSPS) is 15.4. The van der Waals surface area contributed by atoms with Crippen LogP contribution in [0.3, 0.4) is 0 Å². The Labute approximate surface area is 313 Å². The van der Waals surface area contributed by atoms with E-state index in [4.69, 9.17) is 9.47 Å². The van der Waals surface area contributed by atoms with E-state index < -0.39 is 0 Å². The number of Topliss-reactive ketones (excluding diaryl/α,β-unsaturated/α-hetero) is 1. The summed E-state index contributed by atoms with van der Waals surface area (Å²) in [4.78, 5) is 29.2. The van der Waals surface area contributed by atoms with Crippen LogP contribution in [0.1, 0.15) is 110 Å². The fraction of sp³-hybridized carbons (Fsp3) is 0.558. The summed E-state index contributed by atoms with van der Waals surface area (Å²) in [7, 11) is 1.50. The third-order valence-corrected chi connectivity index (χ3v) is 8.92. The summed E-state index contributed by atoms with van der Waals surface area (Å²) in [5, 5.41) is 6.16. The van der Waals surface area contributed by atoms with Crippen LogP contribution in [0.5, 0.6) is 11.5 Å². The molecular formula is C43H67N5O4. The lowest BCUT2D eigenvalue weighted by molar-refractivity contribution is -0.118. The molecule has 1 atom stereocenters. The maximum absolute atomic E-state index is 11.2. The smallest absolute Gasteiger partial charge is 0.262 e. The van der Waals surface area contributed by atoms with Crippen LogP contribution in [0.4, 0.5) is 5.69 Å². The van der Waals surface area contributed by atoms with E-state index >= 15 is 0 Å². The number of ether oxygens (including phenoxy) is 2. The van der Waals surface area contributed by atoms with Gasteiger partial charge in [-0.3, -0.25) is 9.59 Å². The highest BCUT2D eigenvalue weighted by Gasteiger charge is 2.19. The Balaban J connectivity index is 0.000000238. The Hall–Kier alpha value is -3.95. The molecule has 1 aliphatic heterocycles. The minimum absolute atomic E-state index is 0.00125. The van der Waals surface area contributed by atoms with Crippen molar-refractivity contribution in [2.24, 2.45) is 29.4 Å². The third-order valence-electron chi connectivity index (χ3n) is 8.92. The topological polar surface area (TPSA) is 131 Å². The number of allylic oxidation sites excluding steroid dienone is 2. The predicted octanol–water partition coefficient (Wildman–Crippen LogP) is 9.47. The van der Waals surface area contributed by atoms with Crippen LogP contribution >= 0.6 is 0 Å². The van der Waals surface area contributed by atoms with Gasteiger partial charge >= 0.3 is 0 Å². The van der Waals surface area contributed by atoms with E-state index in [2.05, 4.69) is 66.2 Å². The Kier molecular flexibility index (Phi) is 22.0. The molecule has 288 valence electrons. The third kappa shape index (κ3) is 18.0. The van der Waals surface area contributed by atoms with Crippen molar-refractivity contribution in [2.75, 3.05) is 38.7 Å². The molecule has 1 unspecified atom stereocenters. The number of hydrogen-bond donors (Lipinski definition) is 4. The molecule has 9 heteroatoms. The predicted molar refractivity (Wildman–Crippen MR) is 216 cm³/mol. The van der Waals surface area contributed by atoms with Crippen LogP contribution in [0.25, 0.3) is 11.3 Å². The number of fused-ring (bicyclic) bond motifs is 1. The summed E-state index contributed by atoms with van der Waals surface area (Å²) in [5.74, 6) is 4.89. The number of ketones is 1. The molecule has 2 aliphatic carbocycles. The number of imidazole rings is 1. The lowest BCUT2D eigenvalue weighted by Crippen LogP contribution is -2.25. The van der Waals surface area contributed by atoms with E-state index in [9.17, 15) is 9.59 Å². The summed E-state index contributed by atoms with van der Waals surface area (Å²) in [5.41, 5.74) is 7.42. The van der Waals surface area contributed by atoms with Crippen LogP contribution < -0.4 is 25.8 Å². The molecule has 6 rings (SSSR count). The molecule has 1 amide bonds. The lowest BCUT2D eigenvalue weighted by Gasteiger charge is -2.18. The first-order valence-electron chi connectivity index (χ1n) is 19.5. The number of benzene rings is 2. The fourth-order valence-corrected chi connectivity index (χ4v) is 5.57. The number of hydrogen-bond acceptors (Lipinski definition) is 7. The fourth-order valence-electron chi connectivity index (χ4n) is 5.57. The van der Waals surface area contributed by atoms with Crippen molar-refractivity contribution in [1.29, 1.82) is 0 Å². The van der Waals surface area contributed by atoms with Crippen molar-refractivity contribution in [3.63, 3.8) is 0 Å². The van der Waals surface area contributed by atoms with Gasteiger partial charge in [-0.2, -0.15) is 0 Å². The van der Waals surface area contributed by atoms with E-state index in [1.807, 2.05) is 43.3 Å². The van der Waals surface area contributed by atoms with Gasteiger partial charge < -0.3 is 30.8 Å². The number of anilines is 1. The van der Waals surface area contributed by atoms with Gasteiger partial charge in [0.2, 0.25) is 0 Å². The van der Waals surface area contributed by atoms with Gasteiger partial charge in [0.05, 0.1) is 24.3 Å². The zero-order valence-electron chi connectivity index (χ0n) is 33.0. The number of H-pyrrole nitrogens is 1. The second-order valence-electron chi connectivity index (χ2n) is 14.0. The number of nitrogens with one attached hydrogen (secondary N) is 3. The van der Waals surface area contributed by atoms with Gasteiger partial charge in [-0.25, -0.2) is 4.98 Å². The highest BCUT2D eigenvalue weighted by atomic mass is 16.5. The van der Waals surface area contributed by atoms with E-state index in [-0.39, 0.29) is 18.3 Å². The van der Waals surface area contributed by atoms with Crippen molar-refractivity contribution in [3.05, 3.63) is 72.7 Å². The summed E-state index contributed by atoms with van der Waals surface area (Å²) >= 11 is 0. The summed E-state index contributed by atoms with van der Waals surface area (Å²) in [6.45, 7) is 15.5. The van der Waals surface area contributed by atoms with Crippen LogP contribution in [-0.2, 0) is 4.79 Å². The molecule has 2 aromatic carbocycles. The van der Waals surface area contributed by atoms with E-state index in [1.54, 1.807) is 18.5 Å². The Morgan fingerprint density at radius 3 is 2.27 bits per heavy atom. The second-order valence-corrected chi connectivity index (χ2v) is 14.0. The Bertz CT molecular complexity index is 1430. The first kappa shape index (κ1) is 44.2. The highest BCUT2D eigenvalue weighted by Crippen LogP contribution is 2.33. The number of nitrogens with zero attached hydrogens (tertiary/aromatic N) is 1. The number of amides is 1. The summed E-state index contributed by atoms with van der Waals surface area (Å²) in [6, 6.07) is 15.0. The SMILES string of the molecule is C(=CC1CC1)C1CCCCC1.CC(=O)c1[nH]cnc1-c1ccccc1.CCC(C)CCNCC(C)C.CCOc1ccc2c(c1)NC(=O)CO2.CN. The van der Waals surface area contributed by atoms with Gasteiger partial charge in [0.15, 0.2) is 12.4 Å². The van der Waals surface area contributed by atoms with Gasteiger partial charge in [0, 0.05) is 18.6 Å². The molecule has 2 heterocycles. The number of aromatic amines is 1. The first-order valence-corrected chi connectivity index (χ1v) is 19.5. The van der Waals surface area contributed by atoms with Crippen LogP contribution in [0, 0.1) is 23.7 Å². The van der Waals surface area contributed by atoms with E-state index in [0.717, 1.165) is 47.2 Å². The Morgan fingerprint density at radius 1 is 1.00 bits per heavy atom. The molecule has 3 aliphatic rings. The molecule has 1 aromatic heterocycles. The standard InChI is InChI=1S/C11H10N2O.C11H18.C10H11NO3.C10H23N.CH5N/c1-8(14)10-11(13-7-12-10)9-5-3-2-4-6-9;1-2-4-10(5-3-1)6-7-11-8-9-11;1-2-13-7-3-4-9-8(5-7)11-10(12)6-14-9;1-5-10(4)6-7-11-8-9(2)3;1-2/h2-7H,1H3,(H,12,13);6-7,10-11H,1-5,8-9H2;3-5H,2,6H2,1H3,(H,11,12);9-11H,5-8H2,1-4H3;2H2,1H3. The molecule has 3 aromatic rings. The van der Waals surface area contributed by atoms with Crippen LogP contribution in [0.2, 0.25) is 0 Å². The first-order chi connectivity index (χ1) is 25.2. The second kappa shape index (κ2) is 25.9. The average Bonchev–Trinajstić information content (AvgIpc) is 3.87. The summed E-state index contributed by atoms with van der Waals surface area (Å²) in [6.07, 6.45) is 19.4. The largest absolute Gasteiger partial charge is 0.494 e. The molecule has 0 spiro atoms. The molecule has 5 N–H and O–H groups in total. The Morgan fingerprint density at radius 2 is 1.67 bits per heavy atom. The van der Waals surface area contributed by atoms with Gasteiger partial charge in [-0.1, -0.05) is 95.9 Å². The molecule has 0 radical (unpaired) electrons. The maximum Gasteiger partial charge on any atom is 0.262 e. The number of rotatable bonds is 12. The maximum atomic E-state index is 11.2. The minimum atomic E-state index is -0.133. The minimum Gasteiger partial charge on any atom is -0.494 e. The zero-order valence-corrected chi connectivity index (χ0v) is 33.0. The summed E-state index contributed by atoms with van der Waals surface area (Å²) < 4.78 is 10.5. The zero-order chi connectivity index (χ0) is 38.1. The quantitative estimate of drug-likeness (QED) is 0.0834. The molecule has 2 saturated carbocycles. The average molecular weight is 718 g/mol. The molecular weight excluding hydrogens is 651 g/mol. The number of aromatic nitrogens is 2. The highest BCUT2D eigenvalue weighted by molar-refractivity contribution is 5.98. The monoisotopic (exact) mass is 718 g/mol. The number of nitrogens with two attached hydrogens (primary N) is 1. The molecule has 9 nitrogen and oxygen atoms in total. The van der Waals surface area contributed by atoms with E-state index in [1.165, 1.54) is 78.3 Å². The van der Waals surface area contributed by atoms with Crippen molar-refractivity contribution in [1.82, 2.24) is 15.3 Å². The number of carbonyl (C=O) groups is 2. The molecule has 2 fully saturated rings. The molecule has 0 bridgehead atoms. The van der Waals surface area contributed by atoms with Gasteiger partial charge in [0.25, 0.3) is 5.91 Å². The molecule has 0 saturated heterocycles.